The minimum Gasteiger partial charge on any atom is -0.324 e. The molecule has 2 aliphatic carbocycles. The summed E-state index contributed by atoms with van der Waals surface area (Å²) in [4.78, 5) is 9.85. The van der Waals surface area contributed by atoms with Gasteiger partial charge in [-0.15, -0.1) is 0 Å². The summed E-state index contributed by atoms with van der Waals surface area (Å²) in [5, 5.41) is 10.5. The maximum absolute atomic E-state index is 13.6. The number of hydrogen-bond donors (Lipinski definition) is 1. The highest BCUT2D eigenvalue weighted by Crippen LogP contribution is 2.63. The van der Waals surface area contributed by atoms with Crippen LogP contribution in [-0.2, 0) is 5.41 Å². The van der Waals surface area contributed by atoms with Gasteiger partial charge in [0, 0.05) is 17.0 Å². The normalized spacial score (nSPS) is 23.2. The van der Waals surface area contributed by atoms with Crippen molar-refractivity contribution in [3.05, 3.63) is 39.7 Å². The third-order valence-corrected chi connectivity index (χ3v) is 4.19. The van der Waals surface area contributed by atoms with Crippen LogP contribution in [0.4, 0.5) is 10.1 Å². The maximum Gasteiger partial charge on any atom is 0.304 e. The summed E-state index contributed by atoms with van der Waals surface area (Å²) >= 11 is 0. The monoisotopic (exact) mass is 236 g/mol. The summed E-state index contributed by atoms with van der Waals surface area (Å²) in [5.74, 6) is -0.761. The van der Waals surface area contributed by atoms with Gasteiger partial charge in [0.05, 0.1) is 4.92 Å². The van der Waals surface area contributed by atoms with Crippen molar-refractivity contribution in [1.82, 2.24) is 0 Å². The van der Waals surface area contributed by atoms with Crippen LogP contribution < -0.4 is 5.73 Å². The second-order valence-electron chi connectivity index (χ2n) is 5.16. The molecule has 0 unspecified atom stereocenters. The minimum absolute atomic E-state index is 0.122. The third kappa shape index (κ3) is 1.38. The quantitative estimate of drug-likeness (QED) is 0.646. The first kappa shape index (κ1) is 10.7. The van der Waals surface area contributed by atoms with Crippen LogP contribution in [0, 0.1) is 15.9 Å². The Labute approximate surface area is 97.8 Å². The van der Waals surface area contributed by atoms with E-state index >= 15 is 0 Å². The molecule has 0 atom stereocenters. The molecule has 2 saturated carbocycles. The van der Waals surface area contributed by atoms with Crippen molar-refractivity contribution in [2.75, 3.05) is 0 Å². The Hall–Kier alpha value is -1.49. The standard InChI is InChI=1S/C12H13FN2O2/c13-9-7-8(1-2-10(9)15(16)17)11(3-4-11)12(14)5-6-12/h1-2,7H,3-6,14H2. The molecule has 1 aromatic rings. The molecule has 0 radical (unpaired) electrons. The van der Waals surface area contributed by atoms with Crippen LogP contribution in [0.1, 0.15) is 31.2 Å². The molecule has 2 N–H and O–H groups in total. The fourth-order valence-corrected chi connectivity index (χ4v) is 2.76. The van der Waals surface area contributed by atoms with Gasteiger partial charge in [-0.3, -0.25) is 10.1 Å². The van der Waals surface area contributed by atoms with Crippen molar-refractivity contribution < 1.29 is 9.31 Å². The van der Waals surface area contributed by atoms with Gasteiger partial charge < -0.3 is 5.73 Å². The van der Waals surface area contributed by atoms with E-state index in [1.807, 2.05) is 0 Å². The molecule has 17 heavy (non-hydrogen) atoms. The molecule has 2 aliphatic rings. The average molecular weight is 236 g/mol. The second kappa shape index (κ2) is 3.04. The second-order valence-corrected chi connectivity index (χ2v) is 5.16. The summed E-state index contributed by atoms with van der Waals surface area (Å²) in [5.41, 5.74) is 6.24. The maximum atomic E-state index is 13.6. The number of hydrogen-bond acceptors (Lipinski definition) is 3. The fourth-order valence-electron chi connectivity index (χ4n) is 2.76. The van der Waals surface area contributed by atoms with E-state index < -0.39 is 16.4 Å². The summed E-state index contributed by atoms with van der Waals surface area (Å²) in [6.07, 6.45) is 3.85. The molecule has 0 bridgehead atoms. The smallest absolute Gasteiger partial charge is 0.304 e. The number of benzene rings is 1. The first-order valence-electron chi connectivity index (χ1n) is 5.72. The zero-order valence-electron chi connectivity index (χ0n) is 9.28. The number of halogens is 1. The van der Waals surface area contributed by atoms with E-state index in [9.17, 15) is 14.5 Å². The zero-order valence-corrected chi connectivity index (χ0v) is 9.28. The van der Waals surface area contributed by atoms with Crippen LogP contribution in [0.5, 0.6) is 0 Å². The highest BCUT2D eigenvalue weighted by atomic mass is 19.1. The van der Waals surface area contributed by atoms with Gasteiger partial charge in [0.2, 0.25) is 5.82 Å². The molecule has 1 aromatic carbocycles. The van der Waals surface area contributed by atoms with E-state index in [-0.39, 0.29) is 11.0 Å². The number of nitro benzene ring substituents is 1. The van der Waals surface area contributed by atoms with E-state index in [0.717, 1.165) is 31.2 Å². The zero-order chi connectivity index (χ0) is 12.3. The number of nitrogens with zero attached hydrogens (tertiary/aromatic N) is 1. The van der Waals surface area contributed by atoms with Crippen molar-refractivity contribution in [3.63, 3.8) is 0 Å². The van der Waals surface area contributed by atoms with Crippen molar-refractivity contribution in [2.45, 2.75) is 36.6 Å². The Kier molecular flexibility index (Phi) is 1.91. The highest BCUT2D eigenvalue weighted by Gasteiger charge is 2.64. The van der Waals surface area contributed by atoms with Crippen LogP contribution >= 0.6 is 0 Å². The van der Waals surface area contributed by atoms with Gasteiger partial charge in [-0.05, 0) is 37.3 Å². The molecule has 0 heterocycles. The molecule has 0 saturated heterocycles. The fraction of sp³-hybridized carbons (Fsp3) is 0.500. The van der Waals surface area contributed by atoms with Gasteiger partial charge in [0.25, 0.3) is 0 Å². The molecular weight excluding hydrogens is 223 g/mol. The first-order valence-corrected chi connectivity index (χ1v) is 5.72. The average Bonchev–Trinajstić information content (AvgIpc) is 3.12. The SMILES string of the molecule is NC1(C2(c3ccc([N+](=O)[O-])c(F)c3)CC2)CC1. The van der Waals surface area contributed by atoms with E-state index in [1.54, 1.807) is 6.07 Å². The Bertz CT molecular complexity index is 507. The predicted molar refractivity (Wildman–Crippen MR) is 60.1 cm³/mol. The molecule has 2 fully saturated rings. The largest absolute Gasteiger partial charge is 0.324 e. The summed E-state index contributed by atoms with van der Waals surface area (Å²) < 4.78 is 13.6. The van der Waals surface area contributed by atoms with Crippen molar-refractivity contribution in [3.8, 4) is 0 Å². The van der Waals surface area contributed by atoms with Gasteiger partial charge in [0.1, 0.15) is 0 Å². The molecular formula is C12H13FN2O2. The molecule has 5 heteroatoms. The van der Waals surface area contributed by atoms with Crippen molar-refractivity contribution in [2.24, 2.45) is 5.73 Å². The summed E-state index contributed by atoms with van der Waals surface area (Å²) in [6, 6.07) is 4.19. The molecule has 3 rings (SSSR count). The van der Waals surface area contributed by atoms with Gasteiger partial charge >= 0.3 is 5.69 Å². The minimum atomic E-state index is -0.761. The number of nitro groups is 1. The van der Waals surface area contributed by atoms with Gasteiger partial charge in [-0.25, -0.2) is 0 Å². The Morgan fingerprint density at radius 2 is 1.94 bits per heavy atom. The van der Waals surface area contributed by atoms with Crippen molar-refractivity contribution >= 4 is 5.69 Å². The summed E-state index contributed by atoms with van der Waals surface area (Å²) in [7, 11) is 0. The van der Waals surface area contributed by atoms with E-state index in [0.29, 0.717) is 0 Å². The Balaban J connectivity index is 2.00. The van der Waals surface area contributed by atoms with Crippen LogP contribution in [0.3, 0.4) is 0 Å². The summed E-state index contributed by atoms with van der Waals surface area (Å²) in [6.45, 7) is 0. The molecule has 0 aromatic heterocycles. The number of rotatable bonds is 3. The Morgan fingerprint density at radius 3 is 2.35 bits per heavy atom. The lowest BCUT2D eigenvalue weighted by Crippen LogP contribution is -2.37. The molecule has 90 valence electrons. The van der Waals surface area contributed by atoms with E-state index in [4.69, 9.17) is 5.73 Å². The van der Waals surface area contributed by atoms with Crippen LogP contribution in [-0.4, -0.2) is 10.5 Å². The van der Waals surface area contributed by atoms with Gasteiger partial charge in [0.15, 0.2) is 0 Å². The lowest BCUT2D eigenvalue weighted by Gasteiger charge is -2.23. The molecule has 4 nitrogen and oxygen atoms in total. The van der Waals surface area contributed by atoms with Crippen molar-refractivity contribution in [1.29, 1.82) is 0 Å². The third-order valence-electron chi connectivity index (χ3n) is 4.19. The van der Waals surface area contributed by atoms with E-state index in [2.05, 4.69) is 0 Å². The number of nitrogens with two attached hydrogens (primary N) is 1. The predicted octanol–water partition coefficient (Wildman–Crippen LogP) is 2.26. The van der Waals surface area contributed by atoms with Crippen LogP contribution in [0.2, 0.25) is 0 Å². The van der Waals surface area contributed by atoms with E-state index in [1.165, 1.54) is 12.1 Å². The molecule has 0 aliphatic heterocycles. The first-order chi connectivity index (χ1) is 7.98. The molecule has 0 amide bonds. The molecule has 0 spiro atoms. The lowest BCUT2D eigenvalue weighted by molar-refractivity contribution is -0.387. The van der Waals surface area contributed by atoms with Gasteiger partial charge in [-0.1, -0.05) is 6.07 Å². The Morgan fingerprint density at radius 1 is 1.29 bits per heavy atom. The van der Waals surface area contributed by atoms with Gasteiger partial charge in [-0.2, -0.15) is 4.39 Å². The highest BCUT2D eigenvalue weighted by molar-refractivity contribution is 5.45. The van der Waals surface area contributed by atoms with Crippen LogP contribution in [0.15, 0.2) is 18.2 Å². The topological polar surface area (TPSA) is 69.2 Å². The van der Waals surface area contributed by atoms with Crippen LogP contribution in [0.25, 0.3) is 0 Å². The lowest BCUT2D eigenvalue weighted by atomic mass is 9.86.